The Hall–Kier alpha value is -6.66. The van der Waals surface area contributed by atoms with Crippen LogP contribution in [0.25, 0.3) is 94.5 Å². The Morgan fingerprint density at radius 2 is 1.06 bits per heavy atom. The van der Waals surface area contributed by atoms with E-state index < -0.39 is 0 Å². The lowest BCUT2D eigenvalue weighted by atomic mass is 10.1. The van der Waals surface area contributed by atoms with Crippen LogP contribution >= 0.6 is 0 Å². The summed E-state index contributed by atoms with van der Waals surface area (Å²) in [6.45, 7) is 0. The Balaban J connectivity index is 1.23. The molecule has 0 saturated carbocycles. The molecule has 0 bridgehead atoms. The first kappa shape index (κ1) is 26.5. The second kappa shape index (κ2) is 10.4. The van der Waals surface area contributed by atoms with Gasteiger partial charge in [-0.2, -0.15) is 0 Å². The van der Waals surface area contributed by atoms with Crippen LogP contribution in [0.1, 0.15) is 0 Å². The molecule has 0 radical (unpaired) electrons. The predicted molar refractivity (Wildman–Crippen MR) is 193 cm³/mol. The van der Waals surface area contributed by atoms with E-state index in [1.165, 1.54) is 0 Å². The van der Waals surface area contributed by atoms with E-state index in [2.05, 4.69) is 71.3 Å². The minimum Gasteiger partial charge on any atom is -0.455 e. The molecule has 48 heavy (non-hydrogen) atoms. The number of aromatic nitrogens is 5. The van der Waals surface area contributed by atoms with E-state index in [4.69, 9.17) is 24.4 Å². The van der Waals surface area contributed by atoms with E-state index >= 15 is 0 Å². The molecule has 0 N–H and O–H groups in total. The standard InChI is InChI=1S/C42H25N5O/c1-3-12-26(13-4-1)40-44-41(27-14-5-2-6-15-27)46-42(45-40)28-16-11-17-29(24-28)47-35-20-9-7-18-30(35)32-22-23-33-37(38(32)47)43-25-34-31-19-8-10-21-36(31)48-39(33)34/h1-25H. The third-order valence-electron chi connectivity index (χ3n) is 9.07. The number of pyridine rings is 1. The van der Waals surface area contributed by atoms with Crippen molar-refractivity contribution in [3.8, 4) is 39.9 Å². The van der Waals surface area contributed by atoms with Crippen molar-refractivity contribution < 1.29 is 4.42 Å². The highest BCUT2D eigenvalue weighted by molar-refractivity contribution is 6.23. The van der Waals surface area contributed by atoms with Gasteiger partial charge in [0.1, 0.15) is 11.2 Å². The molecule has 0 saturated heterocycles. The molecule has 0 unspecified atom stereocenters. The fraction of sp³-hybridized carbons (Fsp3) is 0. The van der Waals surface area contributed by atoms with Crippen LogP contribution in [-0.4, -0.2) is 24.5 Å². The maximum absolute atomic E-state index is 6.43. The lowest BCUT2D eigenvalue weighted by molar-refractivity contribution is 0.672. The summed E-state index contributed by atoms with van der Waals surface area (Å²) in [5.41, 5.74) is 8.46. The van der Waals surface area contributed by atoms with Gasteiger partial charge in [-0.15, -0.1) is 0 Å². The maximum Gasteiger partial charge on any atom is 0.164 e. The smallest absolute Gasteiger partial charge is 0.164 e. The highest BCUT2D eigenvalue weighted by atomic mass is 16.3. The molecule has 0 spiro atoms. The first-order chi connectivity index (χ1) is 23.8. The molecule has 0 atom stereocenters. The number of para-hydroxylation sites is 2. The molecule has 0 aliphatic heterocycles. The van der Waals surface area contributed by atoms with Gasteiger partial charge in [0.05, 0.1) is 16.6 Å². The van der Waals surface area contributed by atoms with Gasteiger partial charge < -0.3 is 8.98 Å². The van der Waals surface area contributed by atoms with Crippen LogP contribution in [0.2, 0.25) is 0 Å². The van der Waals surface area contributed by atoms with Crippen molar-refractivity contribution in [1.82, 2.24) is 24.5 Å². The highest BCUT2D eigenvalue weighted by Crippen LogP contribution is 2.40. The van der Waals surface area contributed by atoms with Gasteiger partial charge in [-0.3, -0.25) is 4.98 Å². The summed E-state index contributed by atoms with van der Waals surface area (Å²) in [7, 11) is 0. The van der Waals surface area contributed by atoms with E-state index in [9.17, 15) is 0 Å². The van der Waals surface area contributed by atoms with Crippen molar-refractivity contribution in [2.75, 3.05) is 0 Å². The molecule has 0 aliphatic rings. The summed E-state index contributed by atoms with van der Waals surface area (Å²) in [5, 5.41) is 5.35. The second-order valence-electron chi connectivity index (χ2n) is 11.9. The Morgan fingerprint density at radius 1 is 0.458 bits per heavy atom. The lowest BCUT2D eigenvalue weighted by Gasteiger charge is -2.12. The van der Waals surface area contributed by atoms with Crippen molar-refractivity contribution in [3.05, 3.63) is 152 Å². The van der Waals surface area contributed by atoms with Crippen molar-refractivity contribution in [2.24, 2.45) is 0 Å². The van der Waals surface area contributed by atoms with Crippen LogP contribution in [0.5, 0.6) is 0 Å². The summed E-state index contributed by atoms with van der Waals surface area (Å²) in [6, 6.07) is 49.5. The minimum atomic E-state index is 0.609. The van der Waals surface area contributed by atoms with Crippen LogP contribution in [0.4, 0.5) is 0 Å². The summed E-state index contributed by atoms with van der Waals surface area (Å²) >= 11 is 0. The molecule has 0 fully saturated rings. The van der Waals surface area contributed by atoms with Gasteiger partial charge in [0.25, 0.3) is 0 Å². The van der Waals surface area contributed by atoms with E-state index in [1.54, 1.807) is 0 Å². The highest BCUT2D eigenvalue weighted by Gasteiger charge is 2.20. The summed E-state index contributed by atoms with van der Waals surface area (Å²) in [5.74, 6) is 1.87. The van der Waals surface area contributed by atoms with E-state index in [-0.39, 0.29) is 0 Å². The molecule has 224 valence electrons. The Kier molecular flexibility index (Phi) is 5.77. The number of furan rings is 1. The van der Waals surface area contributed by atoms with Crippen LogP contribution < -0.4 is 0 Å². The van der Waals surface area contributed by atoms with Gasteiger partial charge in [0.2, 0.25) is 0 Å². The molecular formula is C42H25N5O. The monoisotopic (exact) mass is 615 g/mol. The Labute approximate surface area is 274 Å². The number of benzene rings is 6. The van der Waals surface area contributed by atoms with E-state index in [0.29, 0.717) is 17.5 Å². The first-order valence-corrected chi connectivity index (χ1v) is 15.9. The third kappa shape index (κ3) is 4.06. The van der Waals surface area contributed by atoms with E-state index in [0.717, 1.165) is 77.0 Å². The molecule has 0 amide bonds. The quantitative estimate of drug-likeness (QED) is 0.197. The lowest BCUT2D eigenvalue weighted by Crippen LogP contribution is -2.01. The van der Waals surface area contributed by atoms with Crippen LogP contribution in [0.15, 0.2) is 156 Å². The molecule has 10 aromatic rings. The van der Waals surface area contributed by atoms with Gasteiger partial charge in [0.15, 0.2) is 17.5 Å². The number of fused-ring (bicyclic) bond motifs is 9. The molecule has 10 rings (SSSR count). The van der Waals surface area contributed by atoms with Crippen molar-refractivity contribution in [2.45, 2.75) is 0 Å². The molecule has 6 heteroatoms. The van der Waals surface area contributed by atoms with Gasteiger partial charge >= 0.3 is 0 Å². The third-order valence-corrected chi connectivity index (χ3v) is 9.07. The van der Waals surface area contributed by atoms with Gasteiger partial charge in [-0.1, -0.05) is 115 Å². The van der Waals surface area contributed by atoms with Gasteiger partial charge in [-0.05, 0) is 30.3 Å². The summed E-state index contributed by atoms with van der Waals surface area (Å²) < 4.78 is 8.74. The summed E-state index contributed by atoms with van der Waals surface area (Å²) in [4.78, 5) is 20.0. The number of hydrogen-bond donors (Lipinski definition) is 0. The van der Waals surface area contributed by atoms with Crippen molar-refractivity contribution in [3.63, 3.8) is 0 Å². The fourth-order valence-electron chi connectivity index (χ4n) is 6.87. The molecule has 6 nitrogen and oxygen atoms in total. The second-order valence-corrected chi connectivity index (χ2v) is 11.9. The SMILES string of the molecule is c1ccc(-c2nc(-c3ccccc3)nc(-c3cccc(-n4c5ccccc5c5ccc6c(ncc7c8ccccc8oc76)c54)c3)n2)cc1. The van der Waals surface area contributed by atoms with Crippen LogP contribution in [-0.2, 0) is 0 Å². The molecule has 0 aliphatic carbocycles. The first-order valence-electron chi connectivity index (χ1n) is 15.9. The molecule has 4 heterocycles. The zero-order valence-electron chi connectivity index (χ0n) is 25.6. The average molecular weight is 616 g/mol. The molecule has 4 aromatic heterocycles. The van der Waals surface area contributed by atoms with Crippen molar-refractivity contribution in [1.29, 1.82) is 0 Å². The summed E-state index contributed by atoms with van der Waals surface area (Å²) in [6.07, 6.45) is 1.95. The average Bonchev–Trinajstić information content (AvgIpc) is 3.72. The van der Waals surface area contributed by atoms with Crippen LogP contribution in [0, 0.1) is 0 Å². The largest absolute Gasteiger partial charge is 0.455 e. The maximum atomic E-state index is 6.43. The zero-order valence-corrected chi connectivity index (χ0v) is 25.6. The number of rotatable bonds is 4. The van der Waals surface area contributed by atoms with Gasteiger partial charge in [0, 0.05) is 55.5 Å². The van der Waals surface area contributed by atoms with Gasteiger partial charge in [-0.25, -0.2) is 15.0 Å². The Morgan fingerprint density at radius 3 is 1.81 bits per heavy atom. The normalized spacial score (nSPS) is 11.8. The minimum absolute atomic E-state index is 0.609. The molecular weight excluding hydrogens is 590 g/mol. The van der Waals surface area contributed by atoms with E-state index in [1.807, 2.05) is 85.1 Å². The van der Waals surface area contributed by atoms with Crippen LogP contribution in [0.3, 0.4) is 0 Å². The predicted octanol–water partition coefficient (Wildman–Crippen LogP) is 10.4. The Bertz CT molecular complexity index is 2780. The molecule has 6 aromatic carbocycles. The topological polar surface area (TPSA) is 69.6 Å². The number of hydrogen-bond acceptors (Lipinski definition) is 5. The number of nitrogens with zero attached hydrogens (tertiary/aromatic N) is 5. The zero-order chi connectivity index (χ0) is 31.6. The fourth-order valence-corrected chi connectivity index (χ4v) is 6.87. The van der Waals surface area contributed by atoms with Crippen molar-refractivity contribution >= 4 is 54.6 Å².